The number of benzene rings is 2. The molecule has 0 aliphatic heterocycles. The number of nitrogens with one attached hydrogen (secondary N) is 2. The van der Waals surface area contributed by atoms with E-state index in [1.54, 1.807) is 46.4 Å². The maximum absolute atomic E-state index is 14.3. The number of carbonyl (C=O) groups excluding carboxylic acids is 4. The summed E-state index contributed by atoms with van der Waals surface area (Å²) in [7, 11) is 0. The number of alkyl carbamates (subject to hydrolysis) is 1. The predicted octanol–water partition coefficient (Wildman–Crippen LogP) is 5.12. The van der Waals surface area contributed by atoms with Crippen molar-refractivity contribution in [3.05, 3.63) is 71.3 Å². The van der Waals surface area contributed by atoms with Crippen molar-refractivity contribution in [3.63, 3.8) is 0 Å². The molecule has 0 heterocycles. The third kappa shape index (κ3) is 10.4. The number of amides is 3. The van der Waals surface area contributed by atoms with Crippen LogP contribution in [-0.2, 0) is 36.7 Å². The summed E-state index contributed by atoms with van der Waals surface area (Å²) in [6, 6.07) is 14.7. The van der Waals surface area contributed by atoms with E-state index in [0.717, 1.165) is 17.5 Å². The average molecular weight is 594 g/mol. The molecule has 9 heteroatoms. The molecule has 9 nitrogen and oxygen atoms in total. The summed E-state index contributed by atoms with van der Waals surface area (Å²) < 4.78 is 11.0. The topological polar surface area (TPSA) is 114 Å². The number of aryl methyl sites for hydroxylation is 1. The molecule has 1 fully saturated rings. The highest BCUT2D eigenvalue weighted by Crippen LogP contribution is 2.40. The van der Waals surface area contributed by atoms with Crippen molar-refractivity contribution in [3.8, 4) is 0 Å². The fourth-order valence-corrected chi connectivity index (χ4v) is 4.80. The number of rotatable bonds is 11. The van der Waals surface area contributed by atoms with Crippen LogP contribution in [0.5, 0.6) is 0 Å². The number of esters is 1. The molecular formula is C34H47N3O6. The van der Waals surface area contributed by atoms with E-state index in [2.05, 4.69) is 10.6 Å². The Hall–Kier alpha value is -3.88. The van der Waals surface area contributed by atoms with E-state index in [1.807, 2.05) is 68.4 Å². The highest BCUT2D eigenvalue weighted by atomic mass is 16.6. The van der Waals surface area contributed by atoms with Gasteiger partial charge in [0.1, 0.15) is 29.8 Å². The standard InChI is InChI=1S/C34H47N3O6/c1-9-23-15-17-25(18-16-23)29(37(27-19-22(27)2)28(38)21-35-32(41)43-34(6,7)8)30(39)36-26(31(40)42-33(3,4)5)20-24-13-11-10-12-14-24/h10-18,22,26-27,29H,9,19-21H2,1-8H3,(H,35,41)(H,36,39). The molecule has 1 aliphatic carbocycles. The van der Waals surface area contributed by atoms with Crippen LogP contribution >= 0.6 is 0 Å². The van der Waals surface area contributed by atoms with Gasteiger partial charge in [-0.1, -0.05) is 68.4 Å². The van der Waals surface area contributed by atoms with E-state index in [0.29, 0.717) is 12.0 Å². The van der Waals surface area contributed by atoms with Crippen LogP contribution in [-0.4, -0.2) is 58.6 Å². The zero-order chi connectivity index (χ0) is 31.9. The molecule has 1 saturated carbocycles. The van der Waals surface area contributed by atoms with Gasteiger partial charge >= 0.3 is 12.1 Å². The first-order valence-corrected chi connectivity index (χ1v) is 15.0. The number of hydrogen-bond acceptors (Lipinski definition) is 6. The summed E-state index contributed by atoms with van der Waals surface area (Å²) in [5.41, 5.74) is 1.07. The van der Waals surface area contributed by atoms with Gasteiger partial charge < -0.3 is 25.0 Å². The third-order valence-electron chi connectivity index (χ3n) is 7.02. The summed E-state index contributed by atoms with van der Waals surface area (Å²) in [5.74, 6) is -1.31. The van der Waals surface area contributed by atoms with E-state index in [-0.39, 0.29) is 24.9 Å². The lowest BCUT2D eigenvalue weighted by Gasteiger charge is -2.33. The van der Waals surface area contributed by atoms with Gasteiger partial charge in [0.05, 0.1) is 0 Å². The van der Waals surface area contributed by atoms with E-state index < -0.39 is 47.2 Å². The van der Waals surface area contributed by atoms with Gasteiger partial charge in [-0.2, -0.15) is 0 Å². The maximum Gasteiger partial charge on any atom is 0.408 e. The van der Waals surface area contributed by atoms with Crippen molar-refractivity contribution in [2.45, 2.75) is 104 Å². The fraction of sp³-hybridized carbons (Fsp3) is 0.529. The number of nitrogens with zero attached hydrogens (tertiary/aromatic N) is 1. The van der Waals surface area contributed by atoms with Crippen LogP contribution < -0.4 is 10.6 Å². The van der Waals surface area contributed by atoms with Gasteiger partial charge in [-0.25, -0.2) is 9.59 Å². The molecule has 2 aromatic carbocycles. The second-order valence-electron chi connectivity index (χ2n) is 13.2. The first-order chi connectivity index (χ1) is 20.1. The summed E-state index contributed by atoms with van der Waals surface area (Å²) >= 11 is 0. The van der Waals surface area contributed by atoms with Crippen LogP contribution in [0, 0.1) is 5.92 Å². The summed E-state index contributed by atoms with van der Waals surface area (Å²) in [5, 5.41) is 5.46. The molecule has 0 radical (unpaired) electrons. The van der Waals surface area contributed by atoms with Gasteiger partial charge in [0.15, 0.2) is 0 Å². The van der Waals surface area contributed by atoms with Crippen molar-refractivity contribution in [1.82, 2.24) is 15.5 Å². The van der Waals surface area contributed by atoms with E-state index >= 15 is 0 Å². The van der Waals surface area contributed by atoms with Gasteiger partial charge in [-0.15, -0.1) is 0 Å². The van der Waals surface area contributed by atoms with Crippen LogP contribution in [0.25, 0.3) is 0 Å². The third-order valence-corrected chi connectivity index (χ3v) is 7.02. The Bertz CT molecular complexity index is 1260. The summed E-state index contributed by atoms with van der Waals surface area (Å²) in [6.45, 7) is 14.3. The van der Waals surface area contributed by atoms with Gasteiger partial charge in [0.2, 0.25) is 11.8 Å². The van der Waals surface area contributed by atoms with Crippen LogP contribution in [0.2, 0.25) is 0 Å². The first-order valence-electron chi connectivity index (χ1n) is 15.0. The number of hydrogen-bond donors (Lipinski definition) is 2. The second-order valence-corrected chi connectivity index (χ2v) is 13.2. The van der Waals surface area contributed by atoms with Gasteiger partial charge in [0.25, 0.3) is 0 Å². The van der Waals surface area contributed by atoms with Crippen molar-refractivity contribution in [2.75, 3.05) is 6.54 Å². The van der Waals surface area contributed by atoms with Crippen molar-refractivity contribution >= 4 is 23.9 Å². The van der Waals surface area contributed by atoms with E-state index in [4.69, 9.17) is 9.47 Å². The highest BCUT2D eigenvalue weighted by Gasteiger charge is 2.47. The minimum Gasteiger partial charge on any atom is -0.458 e. The molecule has 1 aliphatic rings. The molecule has 43 heavy (non-hydrogen) atoms. The smallest absolute Gasteiger partial charge is 0.408 e. The average Bonchev–Trinajstić information content (AvgIpc) is 3.64. The molecule has 0 spiro atoms. The maximum atomic E-state index is 14.3. The first kappa shape index (κ1) is 33.6. The highest BCUT2D eigenvalue weighted by molar-refractivity contribution is 5.93. The molecule has 4 unspecified atom stereocenters. The molecule has 2 aromatic rings. The van der Waals surface area contributed by atoms with Crippen LogP contribution in [0.4, 0.5) is 4.79 Å². The molecule has 2 N–H and O–H groups in total. The molecule has 0 saturated heterocycles. The van der Waals surface area contributed by atoms with Gasteiger partial charge in [0, 0.05) is 12.5 Å². The van der Waals surface area contributed by atoms with Gasteiger partial charge in [-0.3, -0.25) is 9.59 Å². The van der Waals surface area contributed by atoms with Crippen LogP contribution in [0.1, 0.15) is 84.5 Å². The molecule has 0 bridgehead atoms. The minimum absolute atomic E-state index is 0.168. The number of ether oxygens (including phenoxy) is 2. The zero-order valence-corrected chi connectivity index (χ0v) is 26.7. The SMILES string of the molecule is CCc1ccc(C(C(=O)NC(Cc2ccccc2)C(=O)OC(C)(C)C)N(C(=O)CNC(=O)OC(C)(C)C)C2CC2C)cc1. The molecule has 0 aromatic heterocycles. The Balaban J connectivity index is 1.96. The van der Waals surface area contributed by atoms with Crippen molar-refractivity contribution < 1.29 is 28.7 Å². The molecular weight excluding hydrogens is 546 g/mol. The summed E-state index contributed by atoms with van der Waals surface area (Å²) in [6.07, 6.45) is 1.04. The fourth-order valence-electron chi connectivity index (χ4n) is 4.80. The quantitative estimate of drug-likeness (QED) is 0.350. The second kappa shape index (κ2) is 14.1. The molecule has 3 rings (SSSR count). The largest absolute Gasteiger partial charge is 0.458 e. The Morgan fingerprint density at radius 1 is 0.884 bits per heavy atom. The molecule has 4 atom stereocenters. The Morgan fingerprint density at radius 3 is 1.98 bits per heavy atom. The Morgan fingerprint density at radius 2 is 1.47 bits per heavy atom. The lowest BCUT2D eigenvalue weighted by Crippen LogP contribution is -2.53. The Labute approximate surface area is 255 Å². The summed E-state index contributed by atoms with van der Waals surface area (Å²) in [4.78, 5) is 55.3. The van der Waals surface area contributed by atoms with E-state index in [1.165, 1.54) is 0 Å². The molecule has 3 amide bonds. The monoisotopic (exact) mass is 593 g/mol. The van der Waals surface area contributed by atoms with E-state index in [9.17, 15) is 19.2 Å². The zero-order valence-electron chi connectivity index (χ0n) is 26.7. The lowest BCUT2D eigenvalue weighted by molar-refractivity contribution is -0.159. The minimum atomic E-state index is -1.03. The van der Waals surface area contributed by atoms with Gasteiger partial charge in [-0.05, 0) is 77.0 Å². The normalized spacial score (nSPS) is 17.7. The van der Waals surface area contributed by atoms with Crippen molar-refractivity contribution in [2.24, 2.45) is 5.92 Å². The van der Waals surface area contributed by atoms with Crippen LogP contribution in [0.15, 0.2) is 54.6 Å². The Kier molecular flexibility index (Phi) is 11.0. The molecule has 234 valence electrons. The van der Waals surface area contributed by atoms with Crippen LogP contribution in [0.3, 0.4) is 0 Å². The predicted molar refractivity (Wildman–Crippen MR) is 165 cm³/mol. The lowest BCUT2D eigenvalue weighted by atomic mass is 9.99. The van der Waals surface area contributed by atoms with Crippen molar-refractivity contribution in [1.29, 1.82) is 0 Å². The number of carbonyl (C=O) groups is 4.